The Kier molecular flexibility index (Phi) is 24.4. The summed E-state index contributed by atoms with van der Waals surface area (Å²) in [5, 5.41) is 0. The smallest absolute Gasteiger partial charge is 0.0399 e. The van der Waals surface area contributed by atoms with Crippen molar-refractivity contribution in [2.75, 3.05) is 0 Å². The van der Waals surface area contributed by atoms with E-state index in [0.29, 0.717) is 0 Å². The summed E-state index contributed by atoms with van der Waals surface area (Å²) in [4.78, 5) is 0. The topological polar surface area (TPSA) is 0 Å². The second kappa shape index (κ2) is 16.1. The highest BCUT2D eigenvalue weighted by Crippen LogP contribution is 2.02. The van der Waals surface area contributed by atoms with Crippen molar-refractivity contribution in [2.24, 2.45) is 0 Å². The summed E-state index contributed by atoms with van der Waals surface area (Å²) in [5.41, 5.74) is 2.43. The van der Waals surface area contributed by atoms with Crippen molar-refractivity contribution in [2.45, 2.75) is 34.6 Å². The molecule has 0 fully saturated rings. The van der Waals surface area contributed by atoms with Gasteiger partial charge in [-0.2, -0.15) is 0 Å². The number of rotatable bonds is 1. The Labute approximate surface area is 72.3 Å². The first kappa shape index (κ1) is 16.7. The molecule has 0 amide bonds. The fourth-order valence-corrected chi connectivity index (χ4v) is 0.246. The Bertz CT molecular complexity index is 107. The summed E-state index contributed by atoms with van der Waals surface area (Å²) < 4.78 is 0. The van der Waals surface area contributed by atoms with Gasteiger partial charge < -0.3 is 0 Å². The van der Waals surface area contributed by atoms with Gasteiger partial charge in [0.15, 0.2) is 0 Å². The largest absolute Gasteiger partial charge is 0.106 e. The van der Waals surface area contributed by atoms with E-state index in [1.54, 1.807) is 0 Å². The van der Waals surface area contributed by atoms with E-state index in [1.165, 1.54) is 5.57 Å². The van der Waals surface area contributed by atoms with Crippen molar-refractivity contribution in [3.8, 4) is 0 Å². The second-order valence-electron chi connectivity index (χ2n) is 1.75. The van der Waals surface area contributed by atoms with Crippen LogP contribution in [-0.2, 0) is 0 Å². The molecule has 0 saturated heterocycles. The first-order valence-electron chi connectivity index (χ1n) is 3.97. The molecular weight excluding hydrogens is 132 g/mol. The SMILES string of the molecule is C=C.C=C(C)/C(C)=C\C.CC. The van der Waals surface area contributed by atoms with Gasteiger partial charge in [0.25, 0.3) is 0 Å². The fourth-order valence-electron chi connectivity index (χ4n) is 0.246. The average Bonchev–Trinajstić information content (AvgIpc) is 2.10. The lowest BCUT2D eigenvalue weighted by atomic mass is 10.2. The van der Waals surface area contributed by atoms with E-state index in [0.717, 1.165) is 5.57 Å². The summed E-state index contributed by atoms with van der Waals surface area (Å²) in [6.07, 6.45) is 2.06. The number of hydrogen-bond donors (Lipinski definition) is 0. The van der Waals surface area contributed by atoms with Crippen LogP contribution >= 0.6 is 0 Å². The standard InChI is InChI=1S/C7H12.C2H6.C2H4/c1-5-7(4)6(2)3;2*1-2/h5H,2H2,1,3-4H3;1-2H3;1-2H2/b7-5-;;. The van der Waals surface area contributed by atoms with Crippen molar-refractivity contribution in [3.05, 3.63) is 37.0 Å². The van der Waals surface area contributed by atoms with Gasteiger partial charge in [-0.25, -0.2) is 0 Å². The van der Waals surface area contributed by atoms with Crippen LogP contribution in [-0.4, -0.2) is 0 Å². The zero-order valence-corrected chi connectivity index (χ0v) is 8.70. The molecule has 11 heavy (non-hydrogen) atoms. The molecule has 0 aliphatic carbocycles. The molecule has 0 bridgehead atoms. The predicted octanol–water partition coefficient (Wildman–Crippen LogP) is 4.36. The molecule has 0 atom stereocenters. The zero-order chi connectivity index (χ0) is 9.86. The molecule has 0 aromatic carbocycles. The lowest BCUT2D eigenvalue weighted by Crippen LogP contribution is -1.71. The van der Waals surface area contributed by atoms with E-state index in [9.17, 15) is 0 Å². The Morgan fingerprint density at radius 3 is 1.36 bits per heavy atom. The molecule has 0 heterocycles. The summed E-state index contributed by atoms with van der Waals surface area (Å²) in [6, 6.07) is 0. The molecule has 0 rings (SSSR count). The molecule has 66 valence electrons. The van der Waals surface area contributed by atoms with Gasteiger partial charge in [0.1, 0.15) is 0 Å². The first-order chi connectivity index (χ1) is 5.18. The summed E-state index contributed by atoms with van der Waals surface area (Å²) in [7, 11) is 0. The highest BCUT2D eigenvalue weighted by atomic mass is 13.9. The number of hydrogen-bond acceptors (Lipinski definition) is 0. The maximum absolute atomic E-state index is 3.76. The first-order valence-corrected chi connectivity index (χ1v) is 3.97. The lowest BCUT2D eigenvalue weighted by Gasteiger charge is -1.92. The minimum Gasteiger partial charge on any atom is -0.106 e. The Hall–Kier alpha value is -0.780. The van der Waals surface area contributed by atoms with E-state index in [1.807, 2.05) is 27.7 Å². The van der Waals surface area contributed by atoms with Crippen LogP contribution in [0.2, 0.25) is 0 Å². The minimum atomic E-state index is 1.16. The monoisotopic (exact) mass is 154 g/mol. The van der Waals surface area contributed by atoms with Gasteiger partial charge >= 0.3 is 0 Å². The molecule has 0 unspecified atom stereocenters. The molecule has 0 nitrogen and oxygen atoms in total. The third-order valence-electron chi connectivity index (χ3n) is 1.11. The molecule has 0 spiro atoms. The molecule has 0 aromatic rings. The second-order valence-corrected chi connectivity index (χ2v) is 1.75. The summed E-state index contributed by atoms with van der Waals surface area (Å²) >= 11 is 0. The Morgan fingerprint density at radius 1 is 1.09 bits per heavy atom. The van der Waals surface area contributed by atoms with Gasteiger partial charge in [-0.1, -0.05) is 37.6 Å². The van der Waals surface area contributed by atoms with Gasteiger partial charge in [-0.3, -0.25) is 0 Å². The van der Waals surface area contributed by atoms with Gasteiger partial charge in [-0.15, -0.1) is 13.2 Å². The fraction of sp³-hybridized carbons (Fsp3) is 0.455. The Morgan fingerprint density at radius 2 is 1.36 bits per heavy atom. The molecule has 0 saturated carbocycles. The van der Waals surface area contributed by atoms with Crippen molar-refractivity contribution in [1.29, 1.82) is 0 Å². The van der Waals surface area contributed by atoms with Crippen molar-refractivity contribution in [3.63, 3.8) is 0 Å². The lowest BCUT2D eigenvalue weighted by molar-refractivity contribution is 1.34. The van der Waals surface area contributed by atoms with Gasteiger partial charge in [0.05, 0.1) is 0 Å². The minimum absolute atomic E-state index is 1.16. The van der Waals surface area contributed by atoms with Gasteiger partial charge in [-0.05, 0) is 20.8 Å². The van der Waals surface area contributed by atoms with E-state index in [4.69, 9.17) is 0 Å². The van der Waals surface area contributed by atoms with Crippen LogP contribution in [0.5, 0.6) is 0 Å². The van der Waals surface area contributed by atoms with E-state index < -0.39 is 0 Å². The van der Waals surface area contributed by atoms with E-state index >= 15 is 0 Å². The van der Waals surface area contributed by atoms with Crippen LogP contribution in [0.25, 0.3) is 0 Å². The van der Waals surface area contributed by atoms with Crippen LogP contribution in [0.15, 0.2) is 37.0 Å². The number of allylic oxidation sites excluding steroid dienone is 3. The third-order valence-corrected chi connectivity index (χ3v) is 1.11. The predicted molar refractivity (Wildman–Crippen MR) is 56.8 cm³/mol. The van der Waals surface area contributed by atoms with Gasteiger partial charge in [0, 0.05) is 0 Å². The zero-order valence-electron chi connectivity index (χ0n) is 8.70. The van der Waals surface area contributed by atoms with Crippen LogP contribution < -0.4 is 0 Å². The van der Waals surface area contributed by atoms with Crippen molar-refractivity contribution in [1.82, 2.24) is 0 Å². The quantitative estimate of drug-likeness (QED) is 0.389. The summed E-state index contributed by atoms with van der Waals surface area (Å²) in [5.74, 6) is 0. The highest BCUT2D eigenvalue weighted by molar-refractivity contribution is 5.22. The van der Waals surface area contributed by atoms with Crippen LogP contribution in [0, 0.1) is 0 Å². The summed E-state index contributed by atoms with van der Waals surface area (Å²) in [6.45, 7) is 19.8. The Balaban J connectivity index is -0.000000138. The van der Waals surface area contributed by atoms with Crippen molar-refractivity contribution < 1.29 is 0 Å². The van der Waals surface area contributed by atoms with Gasteiger partial charge in [0.2, 0.25) is 0 Å². The molecule has 0 aliphatic rings. The molecular formula is C11H22. The van der Waals surface area contributed by atoms with Crippen LogP contribution in [0.3, 0.4) is 0 Å². The van der Waals surface area contributed by atoms with E-state index in [-0.39, 0.29) is 0 Å². The molecule has 0 aromatic heterocycles. The third kappa shape index (κ3) is 17.6. The van der Waals surface area contributed by atoms with Crippen molar-refractivity contribution >= 4 is 0 Å². The molecule has 0 aliphatic heterocycles. The normalized spacial score (nSPS) is 8.27. The maximum Gasteiger partial charge on any atom is -0.0399 e. The maximum atomic E-state index is 3.76. The van der Waals surface area contributed by atoms with E-state index in [2.05, 4.69) is 32.7 Å². The molecule has 0 heteroatoms. The van der Waals surface area contributed by atoms with Crippen LogP contribution in [0.1, 0.15) is 34.6 Å². The molecule has 0 radical (unpaired) electrons. The molecule has 0 N–H and O–H groups in total. The average molecular weight is 154 g/mol. The highest BCUT2D eigenvalue weighted by Gasteiger charge is 1.81. The van der Waals surface area contributed by atoms with Crippen LogP contribution in [0.4, 0.5) is 0 Å².